The quantitative estimate of drug-likeness (QED) is 0.578. The van der Waals surface area contributed by atoms with E-state index in [0.29, 0.717) is 5.56 Å². The van der Waals surface area contributed by atoms with E-state index in [0.717, 1.165) is 0 Å². The molecular formula is C10H13NO5. The number of methoxy groups -OCH3 is 1. The molecule has 5 N–H and O–H groups in total. The van der Waals surface area contributed by atoms with Crippen molar-refractivity contribution in [2.45, 2.75) is 12.5 Å². The molecule has 0 saturated heterocycles. The van der Waals surface area contributed by atoms with E-state index in [2.05, 4.69) is 0 Å². The zero-order chi connectivity index (χ0) is 12.3. The number of phenolic OH excluding ortho intramolecular Hbond substituents is 2. The summed E-state index contributed by atoms with van der Waals surface area (Å²) in [7, 11) is 1.30. The topological polar surface area (TPSA) is 113 Å². The van der Waals surface area contributed by atoms with Gasteiger partial charge in [0.1, 0.15) is 6.04 Å². The van der Waals surface area contributed by atoms with E-state index in [4.69, 9.17) is 15.6 Å². The van der Waals surface area contributed by atoms with Gasteiger partial charge in [0, 0.05) is 0 Å². The molecule has 0 bridgehead atoms. The van der Waals surface area contributed by atoms with Gasteiger partial charge in [-0.25, -0.2) is 0 Å². The van der Waals surface area contributed by atoms with Crippen molar-refractivity contribution in [3.05, 3.63) is 17.7 Å². The number of carboxylic acid groups (broad SMARTS) is 1. The Morgan fingerprint density at radius 3 is 2.31 bits per heavy atom. The van der Waals surface area contributed by atoms with Crippen LogP contribution in [-0.4, -0.2) is 34.4 Å². The zero-order valence-electron chi connectivity index (χ0n) is 8.67. The molecule has 0 radical (unpaired) electrons. The summed E-state index contributed by atoms with van der Waals surface area (Å²) in [5, 5.41) is 27.5. The van der Waals surface area contributed by atoms with Crippen molar-refractivity contribution in [3.63, 3.8) is 0 Å². The van der Waals surface area contributed by atoms with Crippen molar-refractivity contribution in [2.75, 3.05) is 7.11 Å². The van der Waals surface area contributed by atoms with Crippen LogP contribution < -0.4 is 10.5 Å². The highest BCUT2D eigenvalue weighted by atomic mass is 16.5. The maximum atomic E-state index is 10.5. The van der Waals surface area contributed by atoms with E-state index in [9.17, 15) is 15.0 Å². The molecule has 1 atom stereocenters. The first-order valence-corrected chi connectivity index (χ1v) is 4.53. The van der Waals surface area contributed by atoms with Gasteiger partial charge in [0.15, 0.2) is 11.5 Å². The summed E-state index contributed by atoms with van der Waals surface area (Å²) in [6.45, 7) is 0. The van der Waals surface area contributed by atoms with Gasteiger partial charge in [-0.1, -0.05) is 0 Å². The molecular weight excluding hydrogens is 214 g/mol. The van der Waals surface area contributed by atoms with Gasteiger partial charge >= 0.3 is 5.97 Å². The van der Waals surface area contributed by atoms with E-state index in [1.165, 1.54) is 19.2 Å². The van der Waals surface area contributed by atoms with Crippen LogP contribution in [0.3, 0.4) is 0 Å². The molecule has 0 heterocycles. The fourth-order valence-electron chi connectivity index (χ4n) is 1.32. The van der Waals surface area contributed by atoms with Crippen LogP contribution in [0, 0.1) is 0 Å². The van der Waals surface area contributed by atoms with Gasteiger partial charge in [-0.05, 0) is 24.1 Å². The van der Waals surface area contributed by atoms with Gasteiger partial charge in [0.05, 0.1) is 7.11 Å². The smallest absolute Gasteiger partial charge is 0.320 e. The summed E-state index contributed by atoms with van der Waals surface area (Å²) in [6, 6.07) is 1.54. The summed E-state index contributed by atoms with van der Waals surface area (Å²) in [5.41, 5.74) is 5.75. The van der Waals surface area contributed by atoms with Gasteiger partial charge in [-0.15, -0.1) is 0 Å². The van der Waals surface area contributed by atoms with E-state index in [-0.39, 0.29) is 23.7 Å². The monoisotopic (exact) mass is 227 g/mol. The van der Waals surface area contributed by atoms with Crippen LogP contribution in [0.25, 0.3) is 0 Å². The first-order chi connectivity index (χ1) is 7.45. The molecule has 0 aliphatic rings. The minimum Gasteiger partial charge on any atom is -0.504 e. The minimum atomic E-state index is -1.14. The summed E-state index contributed by atoms with van der Waals surface area (Å²) >= 11 is 0. The average Bonchev–Trinajstić information content (AvgIpc) is 2.16. The Balaban J connectivity index is 2.96. The van der Waals surface area contributed by atoms with Gasteiger partial charge in [0.25, 0.3) is 0 Å². The van der Waals surface area contributed by atoms with E-state index >= 15 is 0 Å². The second-order valence-electron chi connectivity index (χ2n) is 3.32. The molecule has 0 aliphatic carbocycles. The number of hydrogen-bond donors (Lipinski definition) is 4. The molecule has 0 aliphatic heterocycles. The summed E-state index contributed by atoms with van der Waals surface area (Å²) < 4.78 is 4.74. The highest BCUT2D eigenvalue weighted by Gasteiger charge is 2.15. The second kappa shape index (κ2) is 4.71. The third-order valence-electron chi connectivity index (χ3n) is 2.09. The van der Waals surface area contributed by atoms with Crippen molar-refractivity contribution < 1.29 is 24.9 Å². The van der Waals surface area contributed by atoms with Crippen LogP contribution in [0.5, 0.6) is 17.2 Å². The van der Waals surface area contributed by atoms with E-state index in [1.54, 1.807) is 0 Å². The Kier molecular flexibility index (Phi) is 3.57. The fourth-order valence-corrected chi connectivity index (χ4v) is 1.32. The third kappa shape index (κ3) is 2.54. The highest BCUT2D eigenvalue weighted by molar-refractivity contribution is 5.73. The lowest BCUT2D eigenvalue weighted by atomic mass is 10.1. The van der Waals surface area contributed by atoms with Crippen LogP contribution in [0.2, 0.25) is 0 Å². The summed E-state index contributed by atoms with van der Waals surface area (Å²) in [4.78, 5) is 10.5. The van der Waals surface area contributed by atoms with Crippen molar-refractivity contribution >= 4 is 5.97 Å². The van der Waals surface area contributed by atoms with Gasteiger partial charge < -0.3 is 25.8 Å². The first-order valence-electron chi connectivity index (χ1n) is 4.53. The Bertz CT molecular complexity index is 381. The predicted molar refractivity (Wildman–Crippen MR) is 55.6 cm³/mol. The number of carboxylic acids is 1. The van der Waals surface area contributed by atoms with Gasteiger partial charge in [-0.3, -0.25) is 4.79 Å². The summed E-state index contributed by atoms with van der Waals surface area (Å²) in [6.07, 6.45) is 0.0143. The zero-order valence-corrected chi connectivity index (χ0v) is 8.67. The SMILES string of the molecule is COc1c(O)cc(C[C@H](N)C(=O)O)cc1O. The number of rotatable bonds is 4. The van der Waals surface area contributed by atoms with Crippen molar-refractivity contribution in [3.8, 4) is 17.2 Å². The molecule has 6 nitrogen and oxygen atoms in total. The number of benzene rings is 1. The lowest BCUT2D eigenvalue weighted by Gasteiger charge is -2.10. The molecule has 1 rings (SSSR count). The molecule has 0 amide bonds. The van der Waals surface area contributed by atoms with Gasteiger partial charge in [0.2, 0.25) is 5.75 Å². The molecule has 0 unspecified atom stereocenters. The Labute approximate surface area is 91.9 Å². The largest absolute Gasteiger partial charge is 0.504 e. The highest BCUT2D eigenvalue weighted by Crippen LogP contribution is 2.36. The number of aromatic hydroxyl groups is 2. The molecule has 0 spiro atoms. The van der Waals surface area contributed by atoms with Crippen molar-refractivity contribution in [1.29, 1.82) is 0 Å². The van der Waals surface area contributed by atoms with Gasteiger partial charge in [-0.2, -0.15) is 0 Å². The van der Waals surface area contributed by atoms with Crippen LogP contribution in [0.15, 0.2) is 12.1 Å². The molecule has 0 fully saturated rings. The Hall–Kier alpha value is -1.95. The number of hydrogen-bond acceptors (Lipinski definition) is 5. The molecule has 0 aromatic heterocycles. The molecule has 1 aromatic carbocycles. The number of aliphatic carboxylic acids is 1. The van der Waals surface area contributed by atoms with Crippen LogP contribution in [-0.2, 0) is 11.2 Å². The molecule has 16 heavy (non-hydrogen) atoms. The van der Waals surface area contributed by atoms with E-state index < -0.39 is 12.0 Å². The standard InChI is InChI=1S/C10H13NO5/c1-16-9-7(12)3-5(4-8(9)13)2-6(11)10(14)15/h3-4,6,12-13H,2,11H2,1H3,(H,14,15)/t6-/m0/s1. The summed E-state index contributed by atoms with van der Waals surface area (Å²) in [5.74, 6) is -1.70. The third-order valence-corrected chi connectivity index (χ3v) is 2.09. The normalized spacial score (nSPS) is 12.1. The Morgan fingerprint density at radius 2 is 1.94 bits per heavy atom. The Morgan fingerprint density at radius 1 is 1.44 bits per heavy atom. The van der Waals surface area contributed by atoms with E-state index in [1.807, 2.05) is 0 Å². The number of ether oxygens (including phenoxy) is 1. The van der Waals surface area contributed by atoms with Crippen LogP contribution in [0.4, 0.5) is 0 Å². The van der Waals surface area contributed by atoms with Crippen LogP contribution >= 0.6 is 0 Å². The maximum absolute atomic E-state index is 10.5. The number of nitrogens with two attached hydrogens (primary N) is 1. The lowest BCUT2D eigenvalue weighted by molar-refractivity contribution is -0.138. The minimum absolute atomic E-state index is 0.0143. The second-order valence-corrected chi connectivity index (χ2v) is 3.32. The molecule has 88 valence electrons. The van der Waals surface area contributed by atoms with Crippen molar-refractivity contribution in [1.82, 2.24) is 0 Å². The average molecular weight is 227 g/mol. The molecule has 1 aromatic rings. The lowest BCUT2D eigenvalue weighted by Crippen LogP contribution is -2.32. The predicted octanol–water partition coefficient (Wildman–Crippen LogP) is 0.0608. The number of phenols is 2. The van der Waals surface area contributed by atoms with Crippen molar-refractivity contribution in [2.24, 2.45) is 5.73 Å². The number of carbonyl (C=O) groups is 1. The fraction of sp³-hybridized carbons (Fsp3) is 0.300. The first kappa shape index (κ1) is 12.1. The molecule has 0 saturated carbocycles. The maximum Gasteiger partial charge on any atom is 0.320 e. The van der Waals surface area contributed by atoms with Crippen LogP contribution in [0.1, 0.15) is 5.56 Å². The molecule has 6 heteroatoms.